The van der Waals surface area contributed by atoms with Crippen LogP contribution in [0.4, 0.5) is 0 Å². The molecule has 2 aromatic heterocycles. The summed E-state index contributed by atoms with van der Waals surface area (Å²) in [6.07, 6.45) is 3.59. The molecule has 188 valence electrons. The Bertz CT molecular complexity index is 1460. The van der Waals surface area contributed by atoms with E-state index in [-0.39, 0.29) is 0 Å². The Morgan fingerprint density at radius 2 is 1.41 bits per heavy atom. The lowest BCUT2D eigenvalue weighted by Gasteiger charge is -2.15. The fourth-order valence-electron chi connectivity index (χ4n) is 4.66. The van der Waals surface area contributed by atoms with Gasteiger partial charge < -0.3 is 14.0 Å². The number of rotatable bonds is 10. The molecule has 0 fully saturated rings. The topological polar surface area (TPSA) is 49.2 Å². The van der Waals surface area contributed by atoms with Crippen molar-refractivity contribution in [3.63, 3.8) is 0 Å². The van der Waals surface area contributed by atoms with E-state index >= 15 is 0 Å². The van der Waals surface area contributed by atoms with Crippen LogP contribution >= 0.6 is 0 Å². The molecule has 5 aromatic rings. The van der Waals surface area contributed by atoms with Crippen molar-refractivity contribution in [1.29, 1.82) is 0 Å². The lowest BCUT2D eigenvalue weighted by Crippen LogP contribution is -2.10. The molecule has 0 unspecified atom stereocenters. The van der Waals surface area contributed by atoms with E-state index in [1.807, 2.05) is 24.3 Å². The minimum absolute atomic E-state index is 0.417. The van der Waals surface area contributed by atoms with Gasteiger partial charge in [0.25, 0.3) is 0 Å². The first kappa shape index (κ1) is 24.6. The first-order chi connectivity index (χ1) is 18.1. The molecule has 0 saturated carbocycles. The average molecular weight is 492 g/mol. The maximum atomic E-state index is 6.24. The third kappa shape index (κ3) is 5.83. The van der Waals surface area contributed by atoms with Gasteiger partial charge in [0.1, 0.15) is 18.0 Å². The quantitative estimate of drug-likeness (QED) is 0.214. The van der Waals surface area contributed by atoms with Gasteiger partial charge in [-0.25, -0.2) is 9.97 Å². The molecule has 5 nitrogen and oxygen atoms in total. The number of nitrogens with zero attached hydrogens (tertiary/aromatic N) is 3. The first-order valence-corrected chi connectivity index (χ1v) is 12.8. The van der Waals surface area contributed by atoms with Gasteiger partial charge in [0.2, 0.25) is 11.8 Å². The number of para-hydroxylation sites is 1. The Balaban J connectivity index is 1.50. The fraction of sp³-hybridized carbons (Fsp3) is 0.250. The van der Waals surface area contributed by atoms with Crippen molar-refractivity contribution in [3.8, 4) is 11.8 Å². The van der Waals surface area contributed by atoms with Gasteiger partial charge in [-0.1, -0.05) is 92.7 Å². The minimum Gasteiger partial charge on any atom is -0.480 e. The maximum absolute atomic E-state index is 6.24. The van der Waals surface area contributed by atoms with E-state index in [9.17, 15) is 0 Å². The molecule has 2 heterocycles. The average Bonchev–Trinajstić information content (AvgIpc) is 3.26. The monoisotopic (exact) mass is 491 g/mol. The van der Waals surface area contributed by atoms with Crippen LogP contribution in [0.5, 0.6) is 11.8 Å². The Morgan fingerprint density at radius 3 is 2.11 bits per heavy atom. The number of hydrogen-bond acceptors (Lipinski definition) is 4. The smallest absolute Gasteiger partial charge is 0.236 e. The summed E-state index contributed by atoms with van der Waals surface area (Å²) in [6, 6.07) is 29.2. The number of hydrogen-bond donors (Lipinski definition) is 0. The summed E-state index contributed by atoms with van der Waals surface area (Å²) >= 11 is 0. The van der Waals surface area contributed by atoms with E-state index in [0.29, 0.717) is 30.7 Å². The minimum atomic E-state index is 0.417. The summed E-state index contributed by atoms with van der Waals surface area (Å²) in [7, 11) is 1.66. The van der Waals surface area contributed by atoms with Gasteiger partial charge in [0, 0.05) is 30.1 Å². The zero-order valence-electron chi connectivity index (χ0n) is 21.7. The molecule has 0 bridgehead atoms. The van der Waals surface area contributed by atoms with Crippen molar-refractivity contribution >= 4 is 10.9 Å². The molecular formula is C32H33N3O2. The van der Waals surface area contributed by atoms with Gasteiger partial charge in [0.05, 0.1) is 7.11 Å². The second-order valence-corrected chi connectivity index (χ2v) is 9.77. The van der Waals surface area contributed by atoms with Crippen LogP contribution in [0.2, 0.25) is 0 Å². The second-order valence-electron chi connectivity index (χ2n) is 9.77. The van der Waals surface area contributed by atoms with Crippen molar-refractivity contribution in [2.45, 2.75) is 39.8 Å². The fourth-order valence-corrected chi connectivity index (χ4v) is 4.66. The molecule has 0 saturated heterocycles. The maximum Gasteiger partial charge on any atom is 0.236 e. The molecule has 5 rings (SSSR count). The molecule has 0 aliphatic heterocycles. The van der Waals surface area contributed by atoms with E-state index < -0.39 is 0 Å². The Hall–Kier alpha value is -4.12. The molecular weight excluding hydrogens is 458 g/mol. The third-order valence-corrected chi connectivity index (χ3v) is 6.40. The highest BCUT2D eigenvalue weighted by Gasteiger charge is 2.19. The molecule has 0 amide bonds. The standard InChI is InChI=1S/C32H33N3O2/c1-23(2)18-28-32(37-22-25-14-8-5-9-15-25)34-29(31(33-28)36-3)19-26-21-35(20-24-12-6-4-7-13-24)30-17-11-10-16-27(26)30/h4-17,21,23H,18-20,22H2,1-3H3. The van der Waals surface area contributed by atoms with Crippen LogP contribution < -0.4 is 9.47 Å². The summed E-state index contributed by atoms with van der Waals surface area (Å²) in [5.74, 6) is 1.56. The SMILES string of the molecule is COc1nc(CC(C)C)c(OCc2ccccc2)nc1Cc1cn(Cc2ccccc2)c2ccccc12. The predicted molar refractivity (Wildman–Crippen MR) is 148 cm³/mol. The van der Waals surface area contributed by atoms with Crippen LogP contribution in [0.3, 0.4) is 0 Å². The van der Waals surface area contributed by atoms with Gasteiger partial charge in [-0.3, -0.25) is 0 Å². The number of aromatic nitrogens is 3. The van der Waals surface area contributed by atoms with E-state index in [1.165, 1.54) is 22.0 Å². The largest absolute Gasteiger partial charge is 0.480 e. The molecule has 0 radical (unpaired) electrons. The van der Waals surface area contributed by atoms with Gasteiger partial charge in [-0.2, -0.15) is 0 Å². The Labute approximate surface area is 218 Å². The van der Waals surface area contributed by atoms with Crippen molar-refractivity contribution in [2.75, 3.05) is 7.11 Å². The number of methoxy groups -OCH3 is 1. The second kappa shape index (κ2) is 11.3. The molecule has 0 aliphatic rings. The Morgan fingerprint density at radius 1 is 0.757 bits per heavy atom. The van der Waals surface area contributed by atoms with E-state index in [1.54, 1.807) is 7.11 Å². The summed E-state index contributed by atoms with van der Waals surface area (Å²) in [5.41, 5.74) is 6.36. The number of benzene rings is 3. The first-order valence-electron chi connectivity index (χ1n) is 12.8. The number of ether oxygens (including phenoxy) is 2. The van der Waals surface area contributed by atoms with Gasteiger partial charge in [-0.15, -0.1) is 0 Å². The van der Waals surface area contributed by atoms with Crippen molar-refractivity contribution in [3.05, 3.63) is 119 Å². The lowest BCUT2D eigenvalue weighted by molar-refractivity contribution is 0.282. The van der Waals surface area contributed by atoms with Gasteiger partial charge in [-0.05, 0) is 35.1 Å². The van der Waals surface area contributed by atoms with Gasteiger partial charge in [0.15, 0.2) is 0 Å². The van der Waals surface area contributed by atoms with Crippen molar-refractivity contribution in [2.24, 2.45) is 5.92 Å². The zero-order valence-corrected chi connectivity index (χ0v) is 21.7. The molecule has 3 aromatic carbocycles. The van der Waals surface area contributed by atoms with Crippen molar-refractivity contribution in [1.82, 2.24) is 14.5 Å². The molecule has 0 spiro atoms. The molecule has 5 heteroatoms. The molecule has 0 N–H and O–H groups in total. The highest BCUT2D eigenvalue weighted by Crippen LogP contribution is 2.30. The third-order valence-electron chi connectivity index (χ3n) is 6.40. The van der Waals surface area contributed by atoms with Crippen LogP contribution in [0.25, 0.3) is 10.9 Å². The van der Waals surface area contributed by atoms with Crippen LogP contribution in [-0.4, -0.2) is 21.6 Å². The Kier molecular flexibility index (Phi) is 7.50. The predicted octanol–water partition coefficient (Wildman–Crippen LogP) is 6.86. The highest BCUT2D eigenvalue weighted by molar-refractivity contribution is 5.84. The lowest BCUT2D eigenvalue weighted by atomic mass is 10.1. The highest BCUT2D eigenvalue weighted by atomic mass is 16.5. The van der Waals surface area contributed by atoms with E-state index in [2.05, 4.69) is 85.3 Å². The van der Waals surface area contributed by atoms with E-state index in [4.69, 9.17) is 19.4 Å². The normalized spacial score (nSPS) is 11.2. The zero-order chi connectivity index (χ0) is 25.6. The molecule has 0 atom stereocenters. The number of fused-ring (bicyclic) bond motifs is 1. The van der Waals surface area contributed by atoms with Crippen molar-refractivity contribution < 1.29 is 9.47 Å². The summed E-state index contributed by atoms with van der Waals surface area (Å²) < 4.78 is 14.3. The molecule has 0 aliphatic carbocycles. The molecule has 37 heavy (non-hydrogen) atoms. The van der Waals surface area contributed by atoms with Crippen LogP contribution in [0, 0.1) is 5.92 Å². The summed E-state index contributed by atoms with van der Waals surface area (Å²) in [4.78, 5) is 9.87. The van der Waals surface area contributed by atoms with Gasteiger partial charge >= 0.3 is 0 Å². The van der Waals surface area contributed by atoms with Crippen LogP contribution in [0.15, 0.2) is 91.1 Å². The van der Waals surface area contributed by atoms with E-state index in [0.717, 1.165) is 29.9 Å². The van der Waals surface area contributed by atoms with Crippen LogP contribution in [0.1, 0.15) is 41.9 Å². The summed E-state index contributed by atoms with van der Waals surface area (Å²) in [6.45, 7) is 5.60. The van der Waals surface area contributed by atoms with Crippen LogP contribution in [-0.2, 0) is 26.0 Å². The summed E-state index contributed by atoms with van der Waals surface area (Å²) in [5, 5.41) is 1.21.